The van der Waals surface area contributed by atoms with Gasteiger partial charge in [-0.15, -0.1) is 23.1 Å². The molecule has 0 spiro atoms. The molecule has 1 amide bonds. The highest BCUT2D eigenvalue weighted by molar-refractivity contribution is 7.99. The van der Waals surface area contributed by atoms with Crippen molar-refractivity contribution in [1.29, 1.82) is 0 Å². The summed E-state index contributed by atoms with van der Waals surface area (Å²) in [5.41, 5.74) is 0. The Balaban J connectivity index is 1.55. The number of hydrogen-bond acceptors (Lipinski definition) is 6. The molecule has 7 heteroatoms. The van der Waals surface area contributed by atoms with Crippen LogP contribution in [-0.2, 0) is 11.2 Å². The van der Waals surface area contributed by atoms with Crippen molar-refractivity contribution in [1.82, 2.24) is 15.2 Å². The average Bonchev–Trinajstić information content (AvgIpc) is 3.18. The van der Waals surface area contributed by atoms with Crippen LogP contribution in [0.2, 0.25) is 0 Å². The van der Waals surface area contributed by atoms with E-state index in [1.807, 2.05) is 11.1 Å². The van der Waals surface area contributed by atoms with E-state index in [4.69, 9.17) is 0 Å². The minimum absolute atomic E-state index is 0.0260. The van der Waals surface area contributed by atoms with E-state index in [9.17, 15) is 4.79 Å². The van der Waals surface area contributed by atoms with Crippen LogP contribution in [0.5, 0.6) is 0 Å². The van der Waals surface area contributed by atoms with Crippen molar-refractivity contribution in [2.24, 2.45) is 0 Å². The van der Waals surface area contributed by atoms with Crippen LogP contribution >= 0.6 is 23.1 Å². The number of carbonyl (C=O) groups is 1. The van der Waals surface area contributed by atoms with Crippen LogP contribution < -0.4 is 10.2 Å². The second-order valence-corrected chi connectivity index (χ2v) is 7.17. The van der Waals surface area contributed by atoms with E-state index in [1.165, 1.54) is 4.88 Å². The third-order valence-electron chi connectivity index (χ3n) is 3.77. The van der Waals surface area contributed by atoms with Gasteiger partial charge in [0.25, 0.3) is 0 Å². The van der Waals surface area contributed by atoms with Gasteiger partial charge in [-0.2, -0.15) is 0 Å². The Kier molecular flexibility index (Phi) is 4.48. The molecule has 2 fully saturated rings. The van der Waals surface area contributed by atoms with Crippen LogP contribution in [0.1, 0.15) is 11.8 Å². The third-order valence-corrected chi connectivity index (χ3v) is 5.91. The van der Waals surface area contributed by atoms with Gasteiger partial charge in [0.15, 0.2) is 5.13 Å². The number of anilines is 1. The topological polar surface area (TPSA) is 48.5 Å². The highest BCUT2D eigenvalue weighted by Crippen LogP contribution is 2.24. The highest BCUT2D eigenvalue weighted by Gasteiger charge is 2.29. The Morgan fingerprint density at radius 2 is 2.25 bits per heavy atom. The zero-order valence-corrected chi connectivity index (χ0v) is 13.3. The fourth-order valence-corrected chi connectivity index (χ4v) is 4.33. The number of aryl methyl sites for hydroxylation is 1. The third kappa shape index (κ3) is 2.94. The number of rotatable bonds is 3. The number of thioether (sulfide) groups is 1. The fourth-order valence-electron chi connectivity index (χ4n) is 2.50. The van der Waals surface area contributed by atoms with Crippen LogP contribution in [0, 0.1) is 0 Å². The molecule has 5 nitrogen and oxygen atoms in total. The first-order valence-electron chi connectivity index (χ1n) is 7.07. The molecule has 0 bridgehead atoms. The van der Waals surface area contributed by atoms with E-state index in [1.54, 1.807) is 23.1 Å². The molecule has 1 aromatic heterocycles. The lowest BCUT2D eigenvalue weighted by Gasteiger charge is -2.35. The summed E-state index contributed by atoms with van der Waals surface area (Å²) >= 11 is 3.57. The summed E-state index contributed by atoms with van der Waals surface area (Å²) in [4.78, 5) is 22.4. The highest BCUT2D eigenvalue weighted by atomic mass is 32.2. The normalized spacial score (nSPS) is 23.4. The Labute approximate surface area is 127 Å². The predicted octanol–water partition coefficient (Wildman–Crippen LogP) is 1.02. The fraction of sp³-hybridized carbons (Fsp3) is 0.692. The summed E-state index contributed by atoms with van der Waals surface area (Å²) in [6.45, 7) is 5.55. The number of carbonyl (C=O) groups excluding carboxylic acids is 1. The molecule has 2 aliphatic rings. The lowest BCUT2D eigenvalue weighted by Crippen LogP contribution is -2.53. The van der Waals surface area contributed by atoms with Crippen molar-refractivity contribution >= 4 is 34.1 Å². The van der Waals surface area contributed by atoms with Crippen LogP contribution in [0.3, 0.4) is 0 Å². The molecule has 1 N–H and O–H groups in total. The first-order chi connectivity index (χ1) is 9.78. The van der Waals surface area contributed by atoms with Crippen LogP contribution in [-0.4, -0.2) is 59.6 Å². The van der Waals surface area contributed by atoms with Gasteiger partial charge >= 0.3 is 0 Å². The maximum Gasteiger partial charge on any atom is 0.240 e. The van der Waals surface area contributed by atoms with E-state index in [0.29, 0.717) is 0 Å². The summed E-state index contributed by atoms with van der Waals surface area (Å²) in [7, 11) is 0. The Morgan fingerprint density at radius 1 is 1.45 bits per heavy atom. The van der Waals surface area contributed by atoms with Crippen molar-refractivity contribution in [3.63, 3.8) is 0 Å². The van der Waals surface area contributed by atoms with E-state index in [0.717, 1.165) is 49.4 Å². The SMILES string of the molecule is CCc1cnc(N2CCN(C(=O)C3CSCN3)CC2)s1. The second kappa shape index (κ2) is 6.32. The number of nitrogens with zero attached hydrogens (tertiary/aromatic N) is 3. The minimum atomic E-state index is 0.0260. The molecular formula is C13H20N4OS2. The molecule has 0 aliphatic carbocycles. The molecule has 1 atom stereocenters. The molecule has 0 aromatic carbocycles. The molecule has 20 heavy (non-hydrogen) atoms. The van der Waals surface area contributed by atoms with Crippen molar-refractivity contribution < 1.29 is 4.79 Å². The van der Waals surface area contributed by atoms with Crippen molar-refractivity contribution in [3.8, 4) is 0 Å². The van der Waals surface area contributed by atoms with Crippen molar-refractivity contribution in [2.75, 3.05) is 42.7 Å². The molecule has 2 saturated heterocycles. The second-order valence-electron chi connectivity index (χ2n) is 5.05. The van der Waals surface area contributed by atoms with Crippen molar-refractivity contribution in [3.05, 3.63) is 11.1 Å². The number of hydrogen-bond donors (Lipinski definition) is 1. The molecule has 2 aliphatic heterocycles. The molecule has 3 heterocycles. The molecule has 110 valence electrons. The number of thiazole rings is 1. The zero-order chi connectivity index (χ0) is 13.9. The monoisotopic (exact) mass is 312 g/mol. The summed E-state index contributed by atoms with van der Waals surface area (Å²) < 4.78 is 0. The first-order valence-corrected chi connectivity index (χ1v) is 9.04. The lowest BCUT2D eigenvalue weighted by molar-refractivity contribution is -0.132. The summed E-state index contributed by atoms with van der Waals surface area (Å²) in [5, 5.41) is 4.36. The van der Waals surface area contributed by atoms with Gasteiger partial charge in [0.2, 0.25) is 5.91 Å². The lowest BCUT2D eigenvalue weighted by atomic mass is 10.2. The molecule has 3 rings (SSSR count). The standard InChI is InChI=1S/C13H20N4OS2/c1-2-10-7-14-13(20-10)17-5-3-16(4-6-17)12(18)11-8-19-9-15-11/h7,11,15H,2-6,8-9H2,1H3. The summed E-state index contributed by atoms with van der Waals surface area (Å²) in [6, 6.07) is 0.0260. The van der Waals surface area contributed by atoms with Gasteiger partial charge < -0.3 is 9.80 Å². The number of piperazine rings is 1. The van der Waals surface area contributed by atoms with Crippen LogP contribution in [0.4, 0.5) is 5.13 Å². The van der Waals surface area contributed by atoms with Gasteiger partial charge in [-0.1, -0.05) is 6.92 Å². The van der Waals surface area contributed by atoms with E-state index in [-0.39, 0.29) is 11.9 Å². The van der Waals surface area contributed by atoms with E-state index >= 15 is 0 Å². The minimum Gasteiger partial charge on any atom is -0.345 e. The van der Waals surface area contributed by atoms with Crippen molar-refractivity contribution in [2.45, 2.75) is 19.4 Å². The van der Waals surface area contributed by atoms with Gasteiger partial charge in [0, 0.05) is 48.9 Å². The van der Waals surface area contributed by atoms with Crippen LogP contribution in [0.15, 0.2) is 6.20 Å². The van der Waals surface area contributed by atoms with Gasteiger partial charge in [-0.3, -0.25) is 10.1 Å². The van der Waals surface area contributed by atoms with E-state index < -0.39 is 0 Å². The maximum absolute atomic E-state index is 12.3. The average molecular weight is 312 g/mol. The molecule has 0 radical (unpaired) electrons. The number of nitrogens with one attached hydrogen (secondary N) is 1. The quantitative estimate of drug-likeness (QED) is 0.903. The molecule has 0 saturated carbocycles. The van der Waals surface area contributed by atoms with Gasteiger partial charge in [0.1, 0.15) is 0 Å². The van der Waals surface area contributed by atoms with Gasteiger partial charge in [-0.25, -0.2) is 4.98 Å². The maximum atomic E-state index is 12.3. The zero-order valence-electron chi connectivity index (χ0n) is 11.7. The number of amides is 1. The Morgan fingerprint density at radius 3 is 2.85 bits per heavy atom. The Bertz CT molecular complexity index is 465. The molecule has 1 unspecified atom stereocenters. The molecular weight excluding hydrogens is 292 g/mol. The van der Waals surface area contributed by atoms with Gasteiger partial charge in [0.05, 0.1) is 6.04 Å². The Hall–Kier alpha value is -0.790. The van der Waals surface area contributed by atoms with Gasteiger partial charge in [-0.05, 0) is 6.42 Å². The predicted molar refractivity (Wildman–Crippen MR) is 84.5 cm³/mol. The summed E-state index contributed by atoms with van der Waals surface area (Å²) in [5.74, 6) is 2.07. The first kappa shape index (κ1) is 14.2. The van der Waals surface area contributed by atoms with Crippen LogP contribution in [0.25, 0.3) is 0 Å². The summed E-state index contributed by atoms with van der Waals surface area (Å²) in [6.07, 6.45) is 3.01. The smallest absolute Gasteiger partial charge is 0.240 e. The number of aromatic nitrogens is 1. The van der Waals surface area contributed by atoms with E-state index in [2.05, 4.69) is 22.1 Å². The largest absolute Gasteiger partial charge is 0.345 e. The molecule has 1 aromatic rings.